The highest BCUT2D eigenvalue weighted by Crippen LogP contribution is 2.21. The highest BCUT2D eigenvalue weighted by molar-refractivity contribution is 9.09. The molecule has 1 heterocycles. The molecule has 1 rings (SSSR count). The molecule has 0 aromatic rings. The first kappa shape index (κ1) is 9.27. The molecular weight excluding hydrogens is 202 g/mol. The van der Waals surface area contributed by atoms with E-state index >= 15 is 0 Å². The van der Waals surface area contributed by atoms with E-state index in [0.717, 1.165) is 11.4 Å². The van der Waals surface area contributed by atoms with Gasteiger partial charge in [0.2, 0.25) is 0 Å². The van der Waals surface area contributed by atoms with Gasteiger partial charge in [0.25, 0.3) is 0 Å². The Morgan fingerprint density at radius 2 is 2.45 bits per heavy atom. The van der Waals surface area contributed by atoms with Crippen LogP contribution in [-0.2, 0) is 0 Å². The molecule has 2 heteroatoms. The fourth-order valence-electron chi connectivity index (χ4n) is 1.62. The van der Waals surface area contributed by atoms with Crippen molar-refractivity contribution in [3.8, 4) is 0 Å². The van der Waals surface area contributed by atoms with Crippen LogP contribution in [0.15, 0.2) is 12.2 Å². The van der Waals surface area contributed by atoms with Crippen LogP contribution in [0.5, 0.6) is 0 Å². The summed E-state index contributed by atoms with van der Waals surface area (Å²) in [6.07, 6.45) is 3.88. The Balaban J connectivity index is 2.30. The van der Waals surface area contributed by atoms with Crippen LogP contribution in [0.4, 0.5) is 0 Å². The summed E-state index contributed by atoms with van der Waals surface area (Å²) in [5.41, 5.74) is 1.32. The average Bonchev–Trinajstić information content (AvgIpc) is 2.37. The van der Waals surface area contributed by atoms with Gasteiger partial charge in [-0.1, -0.05) is 28.1 Å². The SMILES string of the molecule is C=C(CBr)CC1CCCN1C. The monoisotopic (exact) mass is 217 g/mol. The molecule has 1 unspecified atom stereocenters. The van der Waals surface area contributed by atoms with Crippen molar-refractivity contribution in [2.45, 2.75) is 25.3 Å². The molecule has 64 valence electrons. The number of hydrogen-bond donors (Lipinski definition) is 0. The Labute approximate surface area is 77.6 Å². The predicted octanol–water partition coefficient (Wildman–Crippen LogP) is 2.42. The van der Waals surface area contributed by atoms with Crippen molar-refractivity contribution in [1.29, 1.82) is 0 Å². The first-order valence-corrected chi connectivity index (χ1v) is 5.29. The van der Waals surface area contributed by atoms with Crippen LogP contribution in [-0.4, -0.2) is 29.9 Å². The maximum absolute atomic E-state index is 4.00. The van der Waals surface area contributed by atoms with Gasteiger partial charge >= 0.3 is 0 Å². The van der Waals surface area contributed by atoms with Crippen molar-refractivity contribution in [3.05, 3.63) is 12.2 Å². The second-order valence-corrected chi connectivity index (χ2v) is 3.93. The summed E-state index contributed by atoms with van der Waals surface area (Å²) in [5.74, 6) is 0. The molecule has 1 aliphatic rings. The fraction of sp³-hybridized carbons (Fsp3) is 0.778. The predicted molar refractivity (Wildman–Crippen MR) is 53.2 cm³/mol. The van der Waals surface area contributed by atoms with Crippen LogP contribution in [0, 0.1) is 0 Å². The van der Waals surface area contributed by atoms with Crippen molar-refractivity contribution < 1.29 is 0 Å². The van der Waals surface area contributed by atoms with Gasteiger partial charge in [0, 0.05) is 11.4 Å². The first-order valence-electron chi connectivity index (χ1n) is 4.17. The third-order valence-electron chi connectivity index (χ3n) is 2.38. The minimum absolute atomic E-state index is 0.764. The van der Waals surface area contributed by atoms with Crippen molar-refractivity contribution in [2.75, 3.05) is 18.9 Å². The van der Waals surface area contributed by atoms with E-state index in [0.29, 0.717) is 0 Å². The van der Waals surface area contributed by atoms with Gasteiger partial charge in [-0.15, -0.1) is 0 Å². The Morgan fingerprint density at radius 3 is 2.91 bits per heavy atom. The molecule has 0 aromatic heterocycles. The molecule has 0 aromatic carbocycles. The molecule has 11 heavy (non-hydrogen) atoms. The highest BCUT2D eigenvalue weighted by Gasteiger charge is 2.20. The minimum Gasteiger partial charge on any atom is -0.303 e. The maximum Gasteiger partial charge on any atom is 0.0239 e. The van der Waals surface area contributed by atoms with Crippen LogP contribution in [0.1, 0.15) is 19.3 Å². The average molecular weight is 218 g/mol. The lowest BCUT2D eigenvalue weighted by atomic mass is 10.1. The highest BCUT2D eigenvalue weighted by atomic mass is 79.9. The van der Waals surface area contributed by atoms with Gasteiger partial charge in [-0.3, -0.25) is 0 Å². The summed E-state index contributed by atoms with van der Waals surface area (Å²) < 4.78 is 0. The van der Waals surface area contributed by atoms with Crippen molar-refractivity contribution >= 4 is 15.9 Å². The number of likely N-dealkylation sites (tertiary alicyclic amines) is 1. The number of rotatable bonds is 3. The molecular formula is C9H16BrN. The Bertz CT molecular complexity index is 144. The van der Waals surface area contributed by atoms with Crippen LogP contribution in [0.3, 0.4) is 0 Å². The molecule has 1 aliphatic heterocycles. The van der Waals surface area contributed by atoms with Crippen molar-refractivity contribution in [1.82, 2.24) is 4.90 Å². The van der Waals surface area contributed by atoms with Crippen molar-refractivity contribution in [2.24, 2.45) is 0 Å². The number of nitrogens with zero attached hydrogens (tertiary/aromatic N) is 1. The third-order valence-corrected chi connectivity index (χ3v) is 3.18. The van der Waals surface area contributed by atoms with Gasteiger partial charge in [-0.25, -0.2) is 0 Å². The standard InChI is InChI=1S/C9H16BrN/c1-8(7-10)6-9-4-3-5-11(9)2/h9H,1,3-7H2,2H3. The van der Waals surface area contributed by atoms with E-state index in [1.54, 1.807) is 0 Å². The molecule has 1 fully saturated rings. The minimum atomic E-state index is 0.764. The lowest BCUT2D eigenvalue weighted by Crippen LogP contribution is -2.25. The second-order valence-electron chi connectivity index (χ2n) is 3.36. The Morgan fingerprint density at radius 1 is 1.73 bits per heavy atom. The summed E-state index contributed by atoms with van der Waals surface area (Å²) in [6, 6.07) is 0.764. The normalized spacial score (nSPS) is 25.8. The maximum atomic E-state index is 4.00. The van der Waals surface area contributed by atoms with E-state index in [1.807, 2.05) is 0 Å². The van der Waals surface area contributed by atoms with E-state index in [4.69, 9.17) is 0 Å². The molecule has 0 radical (unpaired) electrons. The van der Waals surface area contributed by atoms with Crippen molar-refractivity contribution in [3.63, 3.8) is 0 Å². The first-order chi connectivity index (χ1) is 5.24. The lowest BCUT2D eigenvalue weighted by Gasteiger charge is -2.19. The van der Waals surface area contributed by atoms with Crippen LogP contribution < -0.4 is 0 Å². The summed E-state index contributed by atoms with van der Waals surface area (Å²) in [4.78, 5) is 2.44. The van der Waals surface area contributed by atoms with Crippen LogP contribution in [0.25, 0.3) is 0 Å². The van der Waals surface area contributed by atoms with E-state index in [2.05, 4.69) is 34.5 Å². The van der Waals surface area contributed by atoms with Gasteiger partial charge in [0.15, 0.2) is 0 Å². The Hall–Kier alpha value is 0.180. The molecule has 1 atom stereocenters. The third kappa shape index (κ3) is 2.60. The number of hydrogen-bond acceptors (Lipinski definition) is 1. The van der Waals surface area contributed by atoms with E-state index in [1.165, 1.54) is 31.4 Å². The quantitative estimate of drug-likeness (QED) is 0.519. The fourth-order valence-corrected chi connectivity index (χ4v) is 1.85. The molecule has 0 aliphatic carbocycles. The van der Waals surface area contributed by atoms with Crippen LogP contribution >= 0.6 is 15.9 Å². The molecule has 0 spiro atoms. The molecule has 0 bridgehead atoms. The lowest BCUT2D eigenvalue weighted by molar-refractivity contribution is 0.309. The Kier molecular flexibility index (Phi) is 3.60. The molecule has 0 amide bonds. The summed E-state index contributed by atoms with van der Waals surface area (Å²) in [6.45, 7) is 5.26. The summed E-state index contributed by atoms with van der Waals surface area (Å²) >= 11 is 3.42. The smallest absolute Gasteiger partial charge is 0.0239 e. The van der Waals surface area contributed by atoms with Gasteiger partial charge < -0.3 is 4.90 Å². The largest absolute Gasteiger partial charge is 0.303 e. The van der Waals surface area contributed by atoms with Gasteiger partial charge in [0.1, 0.15) is 0 Å². The molecule has 0 N–H and O–H groups in total. The van der Waals surface area contributed by atoms with E-state index < -0.39 is 0 Å². The van der Waals surface area contributed by atoms with E-state index in [-0.39, 0.29) is 0 Å². The van der Waals surface area contributed by atoms with Gasteiger partial charge in [-0.2, -0.15) is 0 Å². The zero-order valence-corrected chi connectivity index (χ0v) is 8.73. The summed E-state index contributed by atoms with van der Waals surface area (Å²) in [7, 11) is 2.21. The number of alkyl halides is 1. The molecule has 1 saturated heterocycles. The van der Waals surface area contributed by atoms with E-state index in [9.17, 15) is 0 Å². The second kappa shape index (κ2) is 4.27. The zero-order valence-electron chi connectivity index (χ0n) is 7.15. The van der Waals surface area contributed by atoms with Gasteiger partial charge in [-0.05, 0) is 32.9 Å². The summed E-state index contributed by atoms with van der Waals surface area (Å²) in [5, 5.41) is 0.956. The topological polar surface area (TPSA) is 3.24 Å². The number of halogens is 1. The van der Waals surface area contributed by atoms with Gasteiger partial charge in [0.05, 0.1) is 0 Å². The molecule has 1 nitrogen and oxygen atoms in total. The van der Waals surface area contributed by atoms with Crippen LogP contribution in [0.2, 0.25) is 0 Å². The zero-order chi connectivity index (χ0) is 8.27. The molecule has 0 saturated carbocycles.